The number of anilines is 1. The molecule has 0 saturated heterocycles. The van der Waals surface area contributed by atoms with Crippen LogP contribution in [0.15, 0.2) is 52.3 Å². The van der Waals surface area contributed by atoms with E-state index in [9.17, 15) is 14.0 Å². The summed E-state index contributed by atoms with van der Waals surface area (Å²) in [5.74, 6) is -0.682. The molecule has 0 radical (unpaired) electrons. The summed E-state index contributed by atoms with van der Waals surface area (Å²) in [5, 5.41) is 3.07. The maximum atomic E-state index is 14.0. The predicted octanol–water partition coefficient (Wildman–Crippen LogP) is 4.61. The fraction of sp³-hybridized carbons (Fsp3) is 0.273. The molecule has 2 aromatic carbocycles. The van der Waals surface area contributed by atoms with Crippen molar-refractivity contribution in [1.82, 2.24) is 5.32 Å². The van der Waals surface area contributed by atoms with Gasteiger partial charge in [0.2, 0.25) is 0 Å². The lowest BCUT2D eigenvalue weighted by Gasteiger charge is -2.27. The molecule has 2 amide bonds. The molecule has 1 saturated carbocycles. The zero-order valence-corrected chi connectivity index (χ0v) is 16.4. The fourth-order valence-electron chi connectivity index (χ4n) is 3.61. The molecule has 1 heterocycles. The van der Waals surface area contributed by atoms with Gasteiger partial charge in [-0.15, -0.1) is 0 Å². The van der Waals surface area contributed by atoms with Gasteiger partial charge in [-0.05, 0) is 43.2 Å². The van der Waals surface area contributed by atoms with Crippen molar-refractivity contribution in [2.75, 3.05) is 11.9 Å². The number of likely N-dealkylation sites (N-methyl/N-ethyl adjacent to an activating group) is 1. The molecule has 0 unspecified atom stereocenters. The fourth-order valence-corrected chi connectivity index (χ4v) is 4.69. The summed E-state index contributed by atoms with van der Waals surface area (Å²) in [4.78, 5) is 28.1. The lowest BCUT2D eigenvalue weighted by atomic mass is 10.1. The molecule has 1 aliphatic carbocycles. The van der Waals surface area contributed by atoms with Crippen LogP contribution in [0.5, 0.6) is 0 Å². The minimum absolute atomic E-state index is 0.103. The third-order valence-corrected chi connectivity index (χ3v) is 6.28. The first kappa shape index (κ1) is 18.7. The maximum absolute atomic E-state index is 14.0. The van der Waals surface area contributed by atoms with Gasteiger partial charge in [-0.2, -0.15) is 0 Å². The number of nitrogens with one attached hydrogen (secondary N) is 1. The zero-order chi connectivity index (χ0) is 19.7. The number of nitrogens with zero attached hydrogens (tertiary/aromatic N) is 1. The second-order valence-electron chi connectivity index (χ2n) is 7.13. The number of benzene rings is 2. The quantitative estimate of drug-likeness (QED) is 0.771. The van der Waals surface area contributed by atoms with Crippen molar-refractivity contribution in [3.05, 3.63) is 64.3 Å². The van der Waals surface area contributed by atoms with Crippen molar-refractivity contribution in [2.45, 2.75) is 36.6 Å². The first-order valence-corrected chi connectivity index (χ1v) is 10.2. The van der Waals surface area contributed by atoms with Crippen LogP contribution in [0.25, 0.3) is 6.08 Å². The van der Waals surface area contributed by atoms with Crippen LogP contribution < -0.4 is 10.2 Å². The summed E-state index contributed by atoms with van der Waals surface area (Å²) < 4.78 is 14.0. The molecule has 2 aromatic rings. The topological polar surface area (TPSA) is 49.4 Å². The SMILES string of the molecule is CN1C(=O)C(=Cc2ccccc2F)Sc2ccc(C(=O)NC3CCCC3)cc21. The van der Waals surface area contributed by atoms with Gasteiger partial charge in [0, 0.05) is 29.1 Å². The standard InChI is InChI=1S/C22H21FN2O2S/c1-25-18-12-15(21(26)24-16-7-3-4-8-16)10-11-19(18)28-20(22(25)27)13-14-6-2-5-9-17(14)23/h2,5-6,9-13,16H,3-4,7-8H2,1H3,(H,24,26). The number of rotatable bonds is 3. The van der Waals surface area contributed by atoms with Crippen LogP contribution in [0.1, 0.15) is 41.6 Å². The molecule has 4 rings (SSSR count). The Morgan fingerprint density at radius 2 is 1.96 bits per heavy atom. The molecule has 0 spiro atoms. The van der Waals surface area contributed by atoms with Crippen LogP contribution in [0.4, 0.5) is 10.1 Å². The Bertz CT molecular complexity index is 967. The number of fused-ring (bicyclic) bond motifs is 1. The Morgan fingerprint density at radius 1 is 1.21 bits per heavy atom. The minimum Gasteiger partial charge on any atom is -0.349 e. The van der Waals surface area contributed by atoms with Crippen molar-refractivity contribution in [3.63, 3.8) is 0 Å². The van der Waals surface area contributed by atoms with E-state index >= 15 is 0 Å². The van der Waals surface area contributed by atoms with E-state index in [1.54, 1.807) is 43.5 Å². The van der Waals surface area contributed by atoms with Gasteiger partial charge in [-0.1, -0.05) is 42.8 Å². The number of amides is 2. The van der Waals surface area contributed by atoms with Crippen LogP contribution in [-0.2, 0) is 4.79 Å². The average molecular weight is 396 g/mol. The number of hydrogen-bond acceptors (Lipinski definition) is 3. The normalized spacial score (nSPS) is 18.4. The van der Waals surface area contributed by atoms with E-state index < -0.39 is 0 Å². The van der Waals surface area contributed by atoms with E-state index in [4.69, 9.17) is 0 Å². The Labute approximate surface area is 167 Å². The van der Waals surface area contributed by atoms with E-state index in [0.29, 0.717) is 21.7 Å². The first-order valence-electron chi connectivity index (χ1n) is 9.40. The van der Waals surface area contributed by atoms with Crippen molar-refractivity contribution < 1.29 is 14.0 Å². The van der Waals surface area contributed by atoms with Gasteiger partial charge in [0.1, 0.15) is 5.82 Å². The summed E-state index contributed by atoms with van der Waals surface area (Å²) in [6, 6.07) is 12.0. The molecule has 144 valence electrons. The monoisotopic (exact) mass is 396 g/mol. The highest BCUT2D eigenvalue weighted by Crippen LogP contribution is 2.42. The third kappa shape index (κ3) is 3.69. The minimum atomic E-state index is -0.365. The van der Waals surface area contributed by atoms with Crippen LogP contribution in [0.3, 0.4) is 0 Å². The van der Waals surface area contributed by atoms with Crippen LogP contribution >= 0.6 is 11.8 Å². The van der Waals surface area contributed by atoms with Crippen molar-refractivity contribution in [1.29, 1.82) is 0 Å². The number of carbonyl (C=O) groups is 2. The number of thioether (sulfide) groups is 1. The van der Waals surface area contributed by atoms with Gasteiger partial charge in [0.15, 0.2) is 0 Å². The Morgan fingerprint density at radius 3 is 2.71 bits per heavy atom. The number of hydrogen-bond donors (Lipinski definition) is 1. The van der Waals surface area contributed by atoms with Gasteiger partial charge < -0.3 is 10.2 Å². The molecule has 2 aliphatic rings. The summed E-state index contributed by atoms with van der Waals surface area (Å²) in [6.07, 6.45) is 5.92. The van der Waals surface area contributed by atoms with Gasteiger partial charge in [0.25, 0.3) is 11.8 Å². The first-order chi connectivity index (χ1) is 13.5. The van der Waals surface area contributed by atoms with Gasteiger partial charge in [-0.3, -0.25) is 9.59 Å². The van der Waals surface area contributed by atoms with E-state index in [1.807, 2.05) is 6.07 Å². The summed E-state index contributed by atoms with van der Waals surface area (Å²) in [7, 11) is 1.68. The highest BCUT2D eigenvalue weighted by molar-refractivity contribution is 8.04. The average Bonchev–Trinajstić information content (AvgIpc) is 3.20. The van der Waals surface area contributed by atoms with E-state index in [0.717, 1.165) is 30.6 Å². The Hall–Kier alpha value is -2.60. The van der Waals surface area contributed by atoms with Crippen LogP contribution in [-0.4, -0.2) is 24.9 Å². The smallest absolute Gasteiger partial charge is 0.264 e. The molecule has 1 aliphatic heterocycles. The van der Waals surface area contributed by atoms with Crippen molar-refractivity contribution in [3.8, 4) is 0 Å². The molecule has 0 atom stereocenters. The van der Waals surface area contributed by atoms with Crippen LogP contribution in [0, 0.1) is 5.82 Å². The zero-order valence-electron chi connectivity index (χ0n) is 15.6. The molecular weight excluding hydrogens is 375 g/mol. The number of carbonyl (C=O) groups excluding carboxylic acids is 2. The lowest BCUT2D eigenvalue weighted by molar-refractivity contribution is -0.114. The predicted molar refractivity (Wildman–Crippen MR) is 110 cm³/mol. The molecule has 4 nitrogen and oxygen atoms in total. The summed E-state index contributed by atoms with van der Waals surface area (Å²) >= 11 is 1.30. The maximum Gasteiger partial charge on any atom is 0.264 e. The van der Waals surface area contributed by atoms with Gasteiger partial charge in [0.05, 0.1) is 10.6 Å². The van der Waals surface area contributed by atoms with Crippen molar-refractivity contribution in [2.24, 2.45) is 0 Å². The largest absolute Gasteiger partial charge is 0.349 e. The van der Waals surface area contributed by atoms with Crippen molar-refractivity contribution >= 4 is 35.3 Å². The van der Waals surface area contributed by atoms with Gasteiger partial charge >= 0.3 is 0 Å². The molecule has 1 N–H and O–H groups in total. The molecule has 6 heteroatoms. The Balaban J connectivity index is 1.60. The summed E-state index contributed by atoms with van der Waals surface area (Å²) in [5.41, 5.74) is 1.62. The molecule has 1 fully saturated rings. The lowest BCUT2D eigenvalue weighted by Crippen LogP contribution is -2.33. The van der Waals surface area contributed by atoms with E-state index in [2.05, 4.69) is 5.32 Å². The third-order valence-electron chi connectivity index (χ3n) is 5.20. The molecule has 28 heavy (non-hydrogen) atoms. The Kier molecular flexibility index (Phi) is 5.22. The molecule has 0 bridgehead atoms. The molecule has 0 aromatic heterocycles. The second-order valence-corrected chi connectivity index (χ2v) is 8.22. The van der Waals surface area contributed by atoms with Gasteiger partial charge in [-0.25, -0.2) is 4.39 Å². The highest BCUT2D eigenvalue weighted by atomic mass is 32.2. The van der Waals surface area contributed by atoms with E-state index in [-0.39, 0.29) is 23.7 Å². The second kappa shape index (κ2) is 7.80. The highest BCUT2D eigenvalue weighted by Gasteiger charge is 2.28. The van der Waals surface area contributed by atoms with Crippen LogP contribution in [0.2, 0.25) is 0 Å². The number of halogens is 1. The van der Waals surface area contributed by atoms with E-state index in [1.165, 1.54) is 22.7 Å². The summed E-state index contributed by atoms with van der Waals surface area (Å²) in [6.45, 7) is 0. The molecular formula is C22H21FN2O2S.